The lowest BCUT2D eigenvalue weighted by Gasteiger charge is -2.26. The molecular formula is C12H17NO3. The molecular weight excluding hydrogens is 206 g/mol. The van der Waals surface area contributed by atoms with Crippen molar-refractivity contribution in [2.45, 2.75) is 18.6 Å². The number of anilines is 1. The topological polar surface area (TPSA) is 61.7 Å². The summed E-state index contributed by atoms with van der Waals surface area (Å²) in [6, 6.07) is 8.13. The van der Waals surface area contributed by atoms with Crippen molar-refractivity contribution >= 4 is 5.69 Å². The molecule has 2 rings (SSSR count). The third-order valence-electron chi connectivity index (χ3n) is 2.72. The van der Waals surface area contributed by atoms with Gasteiger partial charge in [0, 0.05) is 18.7 Å². The molecule has 0 fully saturated rings. The number of rotatable bonds is 4. The van der Waals surface area contributed by atoms with Crippen molar-refractivity contribution in [1.29, 1.82) is 0 Å². The Morgan fingerprint density at radius 3 is 3.06 bits per heavy atom. The Kier molecular flexibility index (Phi) is 3.77. The number of benzene rings is 1. The van der Waals surface area contributed by atoms with Crippen molar-refractivity contribution in [3.05, 3.63) is 29.8 Å². The zero-order chi connectivity index (χ0) is 11.4. The van der Waals surface area contributed by atoms with E-state index in [4.69, 9.17) is 9.84 Å². The van der Waals surface area contributed by atoms with Gasteiger partial charge in [-0.15, -0.1) is 0 Å². The van der Waals surface area contributed by atoms with Gasteiger partial charge in [0.15, 0.2) is 0 Å². The minimum absolute atomic E-state index is 0.0658. The molecule has 0 radical (unpaired) electrons. The molecule has 3 N–H and O–H groups in total. The lowest BCUT2D eigenvalue weighted by Crippen LogP contribution is -2.33. The third-order valence-corrected chi connectivity index (χ3v) is 2.72. The molecule has 0 saturated heterocycles. The van der Waals surface area contributed by atoms with E-state index in [0.717, 1.165) is 18.7 Å². The van der Waals surface area contributed by atoms with Crippen LogP contribution in [0.2, 0.25) is 0 Å². The number of para-hydroxylation sites is 1. The molecule has 0 amide bonds. The summed E-state index contributed by atoms with van der Waals surface area (Å²) >= 11 is 0. The number of hydrogen-bond donors (Lipinski definition) is 3. The van der Waals surface area contributed by atoms with Crippen LogP contribution in [-0.4, -0.2) is 42.2 Å². The second-order valence-electron chi connectivity index (χ2n) is 4.03. The summed E-state index contributed by atoms with van der Waals surface area (Å²) in [6.07, 6.45) is 0.134. The molecule has 16 heavy (non-hydrogen) atoms. The maximum atomic E-state index is 9.19. The molecule has 1 aromatic rings. The molecule has 1 heterocycles. The molecule has 0 bridgehead atoms. The first-order valence-electron chi connectivity index (χ1n) is 5.52. The molecule has 2 atom stereocenters. The highest BCUT2D eigenvalue weighted by Crippen LogP contribution is 2.22. The summed E-state index contributed by atoms with van der Waals surface area (Å²) in [5, 5.41) is 21.2. The van der Waals surface area contributed by atoms with Gasteiger partial charge in [-0.3, -0.25) is 0 Å². The summed E-state index contributed by atoms with van der Waals surface area (Å²) < 4.78 is 5.52. The molecule has 0 aliphatic carbocycles. The van der Waals surface area contributed by atoms with Gasteiger partial charge in [0.25, 0.3) is 0 Å². The van der Waals surface area contributed by atoms with Crippen molar-refractivity contribution < 1.29 is 14.9 Å². The van der Waals surface area contributed by atoms with E-state index in [1.807, 2.05) is 18.2 Å². The predicted molar refractivity (Wildman–Crippen MR) is 61.5 cm³/mol. The quantitative estimate of drug-likeness (QED) is 0.691. The lowest BCUT2D eigenvalue weighted by atomic mass is 10.0. The largest absolute Gasteiger partial charge is 0.394 e. The Morgan fingerprint density at radius 1 is 1.44 bits per heavy atom. The van der Waals surface area contributed by atoms with Crippen molar-refractivity contribution in [2.75, 3.05) is 25.1 Å². The Hall–Kier alpha value is -1.10. The van der Waals surface area contributed by atoms with Crippen molar-refractivity contribution in [2.24, 2.45) is 0 Å². The van der Waals surface area contributed by atoms with E-state index in [1.54, 1.807) is 0 Å². The number of aliphatic hydroxyl groups is 2. The Labute approximate surface area is 94.9 Å². The molecule has 88 valence electrons. The van der Waals surface area contributed by atoms with Crippen LogP contribution in [0.25, 0.3) is 0 Å². The van der Waals surface area contributed by atoms with Gasteiger partial charge < -0.3 is 20.3 Å². The van der Waals surface area contributed by atoms with Crippen LogP contribution in [0.15, 0.2) is 24.3 Å². The second-order valence-corrected chi connectivity index (χ2v) is 4.03. The maximum Gasteiger partial charge on any atom is 0.100 e. The lowest BCUT2D eigenvalue weighted by molar-refractivity contribution is -0.0247. The Morgan fingerprint density at radius 2 is 2.25 bits per heavy atom. The minimum atomic E-state index is -0.780. The van der Waals surface area contributed by atoms with Gasteiger partial charge in [0.1, 0.15) is 6.10 Å². The van der Waals surface area contributed by atoms with Gasteiger partial charge in [0.05, 0.1) is 19.3 Å². The van der Waals surface area contributed by atoms with Crippen molar-refractivity contribution in [3.8, 4) is 0 Å². The van der Waals surface area contributed by atoms with Gasteiger partial charge in [-0.2, -0.15) is 0 Å². The van der Waals surface area contributed by atoms with Crippen LogP contribution >= 0.6 is 0 Å². The fourth-order valence-electron chi connectivity index (χ4n) is 1.83. The Balaban J connectivity index is 1.88. The van der Waals surface area contributed by atoms with Crippen LogP contribution in [0, 0.1) is 0 Å². The highest BCUT2D eigenvalue weighted by Gasteiger charge is 2.18. The number of hydrogen-bond acceptors (Lipinski definition) is 4. The second kappa shape index (κ2) is 5.30. The molecule has 0 saturated carbocycles. The average Bonchev–Trinajstić information content (AvgIpc) is 2.35. The van der Waals surface area contributed by atoms with E-state index in [9.17, 15) is 5.11 Å². The zero-order valence-electron chi connectivity index (χ0n) is 9.10. The van der Waals surface area contributed by atoms with Crippen LogP contribution in [0.3, 0.4) is 0 Å². The van der Waals surface area contributed by atoms with Gasteiger partial charge >= 0.3 is 0 Å². The zero-order valence-corrected chi connectivity index (χ0v) is 9.10. The van der Waals surface area contributed by atoms with E-state index >= 15 is 0 Å². The van der Waals surface area contributed by atoms with E-state index in [2.05, 4.69) is 11.4 Å². The van der Waals surface area contributed by atoms with E-state index < -0.39 is 6.10 Å². The first-order valence-corrected chi connectivity index (χ1v) is 5.52. The minimum Gasteiger partial charge on any atom is -0.394 e. The third kappa shape index (κ3) is 2.72. The normalized spacial score (nSPS) is 21.0. The molecule has 2 unspecified atom stereocenters. The smallest absolute Gasteiger partial charge is 0.100 e. The van der Waals surface area contributed by atoms with Crippen LogP contribution in [0.1, 0.15) is 5.56 Å². The molecule has 1 aliphatic heterocycles. The van der Waals surface area contributed by atoms with Crippen LogP contribution in [-0.2, 0) is 11.2 Å². The molecule has 0 spiro atoms. The number of ether oxygens (including phenoxy) is 1. The summed E-state index contributed by atoms with van der Waals surface area (Å²) in [5.74, 6) is 0. The Bertz CT molecular complexity index is 343. The number of nitrogens with one attached hydrogen (secondary N) is 1. The van der Waals surface area contributed by atoms with Gasteiger partial charge in [0.2, 0.25) is 0 Å². The van der Waals surface area contributed by atoms with Crippen LogP contribution < -0.4 is 5.32 Å². The molecule has 0 aromatic heterocycles. The van der Waals surface area contributed by atoms with E-state index in [0.29, 0.717) is 0 Å². The molecule has 1 aliphatic rings. The van der Waals surface area contributed by atoms with Gasteiger partial charge in [-0.05, 0) is 11.6 Å². The molecule has 4 nitrogen and oxygen atoms in total. The first-order chi connectivity index (χ1) is 7.79. The SMILES string of the molecule is OCC(O)COC1CNc2ccccc2C1. The summed E-state index contributed by atoms with van der Waals surface area (Å²) in [5.41, 5.74) is 2.39. The van der Waals surface area contributed by atoms with Gasteiger partial charge in [-0.1, -0.05) is 18.2 Å². The maximum absolute atomic E-state index is 9.19. The number of fused-ring (bicyclic) bond motifs is 1. The summed E-state index contributed by atoms with van der Waals surface area (Å²) in [7, 11) is 0. The standard InChI is InChI=1S/C12H17NO3/c14-7-10(15)8-16-11-5-9-3-1-2-4-12(9)13-6-11/h1-4,10-11,13-15H,5-8H2. The average molecular weight is 223 g/mol. The van der Waals surface area contributed by atoms with Crippen LogP contribution in [0.5, 0.6) is 0 Å². The fourth-order valence-corrected chi connectivity index (χ4v) is 1.83. The van der Waals surface area contributed by atoms with E-state index in [1.165, 1.54) is 5.56 Å². The van der Waals surface area contributed by atoms with Gasteiger partial charge in [-0.25, -0.2) is 0 Å². The summed E-state index contributed by atoms with van der Waals surface area (Å²) in [6.45, 7) is 0.677. The molecule has 4 heteroatoms. The van der Waals surface area contributed by atoms with Crippen molar-refractivity contribution in [1.82, 2.24) is 0 Å². The highest BCUT2D eigenvalue weighted by molar-refractivity contribution is 5.53. The summed E-state index contributed by atoms with van der Waals surface area (Å²) in [4.78, 5) is 0. The molecule has 1 aromatic carbocycles. The van der Waals surface area contributed by atoms with E-state index in [-0.39, 0.29) is 19.3 Å². The fraction of sp³-hybridized carbons (Fsp3) is 0.500. The predicted octanol–water partition coefficient (Wildman–Crippen LogP) is 0.393. The number of aliphatic hydroxyl groups excluding tert-OH is 2. The highest BCUT2D eigenvalue weighted by atomic mass is 16.5. The first kappa shape index (κ1) is 11.4. The van der Waals surface area contributed by atoms with Crippen molar-refractivity contribution in [3.63, 3.8) is 0 Å². The van der Waals surface area contributed by atoms with Crippen LogP contribution in [0.4, 0.5) is 5.69 Å². The monoisotopic (exact) mass is 223 g/mol.